The number of nitrogens with one attached hydrogen (secondary N) is 1. The zero-order valence-electron chi connectivity index (χ0n) is 11.8. The molecule has 0 unspecified atom stereocenters. The van der Waals surface area contributed by atoms with Gasteiger partial charge in [0.1, 0.15) is 0 Å². The number of hydrogen-bond donors (Lipinski definition) is 1. The Kier molecular flexibility index (Phi) is 4.98. The number of carbonyl (C=O) groups is 2. The van der Waals surface area contributed by atoms with Crippen LogP contribution in [-0.4, -0.2) is 47.9 Å². The number of benzene rings is 1. The topological polar surface area (TPSA) is 52.7 Å². The molecule has 0 saturated carbocycles. The molecule has 1 saturated heterocycles. The summed E-state index contributed by atoms with van der Waals surface area (Å²) in [5.41, 5.74) is 1.09. The van der Waals surface area contributed by atoms with Crippen molar-refractivity contribution in [2.24, 2.45) is 0 Å². The van der Waals surface area contributed by atoms with Crippen LogP contribution in [-0.2, 0) is 11.3 Å². The lowest BCUT2D eigenvalue weighted by molar-refractivity contribution is -0.129. The predicted molar refractivity (Wildman–Crippen MR) is 77.1 cm³/mol. The maximum Gasteiger partial charge on any atom is 0.317 e. The molecule has 108 valence electrons. The molecule has 1 fully saturated rings. The zero-order valence-corrected chi connectivity index (χ0v) is 11.8. The molecule has 1 aromatic rings. The van der Waals surface area contributed by atoms with Crippen molar-refractivity contribution in [1.29, 1.82) is 0 Å². The zero-order chi connectivity index (χ0) is 14.4. The van der Waals surface area contributed by atoms with Crippen molar-refractivity contribution in [2.45, 2.75) is 19.9 Å². The van der Waals surface area contributed by atoms with E-state index in [2.05, 4.69) is 5.32 Å². The maximum atomic E-state index is 12.1. The molecule has 0 radical (unpaired) electrons. The Morgan fingerprint density at radius 2 is 1.95 bits per heavy atom. The van der Waals surface area contributed by atoms with Crippen LogP contribution in [0.2, 0.25) is 0 Å². The minimum atomic E-state index is -0.0562. The van der Waals surface area contributed by atoms with Gasteiger partial charge in [-0.2, -0.15) is 0 Å². The Hall–Kier alpha value is -2.04. The second-order valence-electron chi connectivity index (χ2n) is 5.00. The van der Waals surface area contributed by atoms with E-state index < -0.39 is 0 Å². The highest BCUT2D eigenvalue weighted by Gasteiger charge is 2.18. The lowest BCUT2D eigenvalue weighted by atomic mass is 10.2. The molecule has 1 N–H and O–H groups in total. The molecule has 0 atom stereocenters. The minimum Gasteiger partial charge on any atom is -0.341 e. The average Bonchev–Trinajstić information content (AvgIpc) is 2.53. The van der Waals surface area contributed by atoms with Gasteiger partial charge in [-0.25, -0.2) is 4.79 Å². The van der Waals surface area contributed by atoms with Crippen LogP contribution in [0.5, 0.6) is 0 Å². The van der Waals surface area contributed by atoms with Crippen molar-refractivity contribution in [3.05, 3.63) is 35.9 Å². The SMILES string of the molecule is CC(=O)N1CCCNC(=O)N(Cc2ccccc2)CC1. The molecule has 1 aliphatic rings. The second-order valence-corrected chi connectivity index (χ2v) is 5.00. The van der Waals surface area contributed by atoms with Crippen LogP contribution in [0, 0.1) is 0 Å². The lowest BCUT2D eigenvalue weighted by Gasteiger charge is -2.25. The molecule has 3 amide bonds. The molecule has 2 rings (SSSR count). The van der Waals surface area contributed by atoms with E-state index in [0.717, 1.165) is 12.0 Å². The van der Waals surface area contributed by atoms with Gasteiger partial charge in [0.15, 0.2) is 0 Å². The van der Waals surface area contributed by atoms with E-state index in [1.807, 2.05) is 30.3 Å². The molecule has 1 aliphatic heterocycles. The monoisotopic (exact) mass is 275 g/mol. The molecule has 20 heavy (non-hydrogen) atoms. The van der Waals surface area contributed by atoms with Gasteiger partial charge in [-0.3, -0.25) is 4.79 Å². The Balaban J connectivity index is 2.04. The van der Waals surface area contributed by atoms with E-state index in [1.54, 1.807) is 16.7 Å². The number of rotatable bonds is 2. The van der Waals surface area contributed by atoms with Gasteiger partial charge in [0.25, 0.3) is 0 Å². The predicted octanol–water partition coefficient (Wildman–Crippen LogP) is 1.45. The smallest absolute Gasteiger partial charge is 0.317 e. The van der Waals surface area contributed by atoms with Gasteiger partial charge in [-0.05, 0) is 12.0 Å². The summed E-state index contributed by atoms with van der Waals surface area (Å²) >= 11 is 0. The van der Waals surface area contributed by atoms with Gasteiger partial charge in [0.05, 0.1) is 0 Å². The number of amides is 3. The van der Waals surface area contributed by atoms with E-state index in [9.17, 15) is 9.59 Å². The first-order valence-electron chi connectivity index (χ1n) is 6.99. The van der Waals surface area contributed by atoms with Crippen molar-refractivity contribution in [2.75, 3.05) is 26.2 Å². The molecule has 1 aromatic carbocycles. The fourth-order valence-corrected chi connectivity index (χ4v) is 2.30. The van der Waals surface area contributed by atoms with Crippen LogP contribution in [0.25, 0.3) is 0 Å². The third-order valence-corrected chi connectivity index (χ3v) is 3.47. The fraction of sp³-hybridized carbons (Fsp3) is 0.467. The first-order chi connectivity index (χ1) is 9.66. The summed E-state index contributed by atoms with van der Waals surface area (Å²) in [6.45, 7) is 4.60. The van der Waals surface area contributed by atoms with Crippen LogP contribution in [0.1, 0.15) is 18.9 Å². The molecular weight excluding hydrogens is 254 g/mol. The average molecular weight is 275 g/mol. The van der Waals surface area contributed by atoms with E-state index in [1.165, 1.54) is 0 Å². The van der Waals surface area contributed by atoms with Crippen LogP contribution < -0.4 is 5.32 Å². The molecule has 0 aromatic heterocycles. The number of hydrogen-bond acceptors (Lipinski definition) is 2. The Labute approximate surface area is 119 Å². The highest BCUT2D eigenvalue weighted by Crippen LogP contribution is 2.06. The van der Waals surface area contributed by atoms with E-state index >= 15 is 0 Å². The lowest BCUT2D eigenvalue weighted by Crippen LogP contribution is -2.42. The minimum absolute atomic E-state index is 0.0562. The number of carbonyl (C=O) groups excluding carboxylic acids is 2. The summed E-state index contributed by atoms with van der Waals surface area (Å²) in [5, 5.41) is 2.90. The quantitative estimate of drug-likeness (QED) is 0.888. The summed E-state index contributed by atoms with van der Waals surface area (Å²) in [6.07, 6.45) is 0.796. The standard InChI is InChI=1S/C15H21N3O2/c1-13(19)17-9-5-8-16-15(20)18(11-10-17)12-14-6-3-2-4-7-14/h2-4,6-7H,5,8-12H2,1H3,(H,16,20). The normalized spacial score (nSPS) is 16.9. The third-order valence-electron chi connectivity index (χ3n) is 3.47. The van der Waals surface area contributed by atoms with Gasteiger partial charge in [0, 0.05) is 39.6 Å². The van der Waals surface area contributed by atoms with Crippen molar-refractivity contribution in [1.82, 2.24) is 15.1 Å². The van der Waals surface area contributed by atoms with Crippen molar-refractivity contribution in [3.8, 4) is 0 Å². The van der Waals surface area contributed by atoms with E-state index in [-0.39, 0.29) is 11.9 Å². The summed E-state index contributed by atoms with van der Waals surface area (Å²) in [6, 6.07) is 9.83. The molecule has 0 aliphatic carbocycles. The fourth-order valence-electron chi connectivity index (χ4n) is 2.30. The maximum absolute atomic E-state index is 12.1. The van der Waals surface area contributed by atoms with Gasteiger partial charge in [0.2, 0.25) is 5.91 Å². The molecule has 5 heteroatoms. The van der Waals surface area contributed by atoms with E-state index in [4.69, 9.17) is 0 Å². The third kappa shape index (κ3) is 3.98. The van der Waals surface area contributed by atoms with Crippen LogP contribution in [0.3, 0.4) is 0 Å². The summed E-state index contributed by atoms with van der Waals surface area (Å²) in [4.78, 5) is 27.2. The summed E-state index contributed by atoms with van der Waals surface area (Å²) in [5.74, 6) is 0.0685. The first kappa shape index (κ1) is 14.4. The van der Waals surface area contributed by atoms with Gasteiger partial charge < -0.3 is 15.1 Å². The number of nitrogens with zero attached hydrogens (tertiary/aromatic N) is 2. The highest BCUT2D eigenvalue weighted by molar-refractivity contribution is 5.75. The van der Waals surface area contributed by atoms with Crippen LogP contribution in [0.15, 0.2) is 30.3 Å². The van der Waals surface area contributed by atoms with Crippen LogP contribution >= 0.6 is 0 Å². The largest absolute Gasteiger partial charge is 0.341 e. The number of urea groups is 1. The molecule has 0 bridgehead atoms. The van der Waals surface area contributed by atoms with Gasteiger partial charge >= 0.3 is 6.03 Å². The summed E-state index contributed by atoms with van der Waals surface area (Å²) in [7, 11) is 0. The summed E-state index contributed by atoms with van der Waals surface area (Å²) < 4.78 is 0. The highest BCUT2D eigenvalue weighted by atomic mass is 16.2. The van der Waals surface area contributed by atoms with Crippen molar-refractivity contribution >= 4 is 11.9 Å². The van der Waals surface area contributed by atoms with Crippen LogP contribution in [0.4, 0.5) is 4.79 Å². The Morgan fingerprint density at radius 1 is 1.20 bits per heavy atom. The van der Waals surface area contributed by atoms with Crippen molar-refractivity contribution < 1.29 is 9.59 Å². The molecule has 0 spiro atoms. The van der Waals surface area contributed by atoms with Crippen molar-refractivity contribution in [3.63, 3.8) is 0 Å². The molecular formula is C15H21N3O2. The van der Waals surface area contributed by atoms with E-state index in [0.29, 0.717) is 32.7 Å². The Bertz CT molecular complexity index is 461. The first-order valence-corrected chi connectivity index (χ1v) is 6.99. The Morgan fingerprint density at radius 3 is 2.65 bits per heavy atom. The molecule has 5 nitrogen and oxygen atoms in total. The molecule has 1 heterocycles. The van der Waals surface area contributed by atoms with Gasteiger partial charge in [-0.15, -0.1) is 0 Å². The van der Waals surface area contributed by atoms with Gasteiger partial charge in [-0.1, -0.05) is 30.3 Å². The second kappa shape index (κ2) is 6.93.